The zero-order valence-corrected chi connectivity index (χ0v) is 24.0. The highest BCUT2D eigenvalue weighted by Crippen LogP contribution is 2.42. The number of carbonyl (C=O) groups excluding carboxylic acids is 1. The summed E-state index contributed by atoms with van der Waals surface area (Å²) >= 11 is 1.77. The number of ether oxygens (including phenoxy) is 1. The van der Waals surface area contributed by atoms with Crippen LogP contribution in [-0.4, -0.2) is 94.5 Å². The number of likely N-dealkylation sites (N-methyl/N-ethyl adjacent to an activating group) is 1. The number of amides is 1. The second-order valence-corrected chi connectivity index (χ2v) is 12.2. The summed E-state index contributed by atoms with van der Waals surface area (Å²) in [5, 5.41) is 0. The Morgan fingerprint density at radius 3 is 2.82 bits per heavy atom. The lowest BCUT2D eigenvalue weighted by molar-refractivity contribution is -0.128. The highest BCUT2D eigenvalue weighted by atomic mass is 32.2. The van der Waals surface area contributed by atoms with Crippen LogP contribution in [0.1, 0.15) is 47.7 Å². The van der Waals surface area contributed by atoms with Gasteiger partial charge in [-0.1, -0.05) is 30.8 Å². The fourth-order valence-corrected chi connectivity index (χ4v) is 7.52. The van der Waals surface area contributed by atoms with Gasteiger partial charge in [-0.15, -0.1) is 0 Å². The van der Waals surface area contributed by atoms with E-state index in [1.165, 1.54) is 29.2 Å². The number of thioether (sulfide) groups is 1. The molecule has 9 heteroatoms. The molecular formula is C30H40N6O2S. The van der Waals surface area contributed by atoms with Crippen molar-refractivity contribution in [3.63, 3.8) is 0 Å². The number of anilines is 1. The van der Waals surface area contributed by atoms with Gasteiger partial charge < -0.3 is 19.4 Å². The highest BCUT2D eigenvalue weighted by Gasteiger charge is 2.37. The third kappa shape index (κ3) is 5.28. The lowest BCUT2D eigenvalue weighted by Gasteiger charge is -2.42. The van der Waals surface area contributed by atoms with E-state index in [2.05, 4.69) is 58.8 Å². The summed E-state index contributed by atoms with van der Waals surface area (Å²) in [5.74, 6) is 1.88. The number of likely N-dealkylation sites (tertiary alicyclic amines) is 1. The predicted molar refractivity (Wildman–Crippen MR) is 156 cm³/mol. The van der Waals surface area contributed by atoms with Crippen LogP contribution in [0.4, 0.5) is 5.82 Å². The van der Waals surface area contributed by atoms with Crippen LogP contribution in [-0.2, 0) is 24.3 Å². The first-order chi connectivity index (χ1) is 19.1. The number of fused-ring (bicyclic) bond motifs is 2. The first kappa shape index (κ1) is 26.6. The van der Waals surface area contributed by atoms with E-state index in [-0.39, 0.29) is 11.9 Å². The summed E-state index contributed by atoms with van der Waals surface area (Å²) in [5.41, 5.74) is 5.23. The first-order valence-electron chi connectivity index (χ1n) is 14.3. The average molecular weight is 549 g/mol. The van der Waals surface area contributed by atoms with Crippen molar-refractivity contribution >= 4 is 23.5 Å². The monoisotopic (exact) mass is 548 g/mol. The molecule has 0 N–H and O–H groups in total. The Hall–Kier alpha value is -2.62. The third-order valence-corrected chi connectivity index (χ3v) is 9.70. The van der Waals surface area contributed by atoms with E-state index in [4.69, 9.17) is 14.7 Å². The van der Waals surface area contributed by atoms with Crippen LogP contribution in [0.5, 0.6) is 6.01 Å². The highest BCUT2D eigenvalue weighted by molar-refractivity contribution is 7.98. The minimum absolute atomic E-state index is 0.0115. The van der Waals surface area contributed by atoms with Crippen molar-refractivity contribution in [2.45, 2.75) is 56.9 Å². The number of hydrogen-bond donors (Lipinski definition) is 0. The smallest absolute Gasteiger partial charge is 0.318 e. The fraction of sp³-hybridized carbons (Fsp3) is 0.567. The molecule has 3 atom stereocenters. The zero-order chi connectivity index (χ0) is 26.9. The van der Waals surface area contributed by atoms with Crippen molar-refractivity contribution in [3.05, 3.63) is 59.3 Å². The van der Waals surface area contributed by atoms with E-state index in [1.54, 1.807) is 11.8 Å². The van der Waals surface area contributed by atoms with Crippen molar-refractivity contribution in [2.75, 3.05) is 56.7 Å². The zero-order valence-electron chi connectivity index (χ0n) is 23.2. The molecule has 0 radical (unpaired) electrons. The van der Waals surface area contributed by atoms with Crippen LogP contribution < -0.4 is 9.64 Å². The maximum Gasteiger partial charge on any atom is 0.318 e. The second-order valence-electron chi connectivity index (χ2n) is 11.3. The molecule has 1 aromatic carbocycles. The quantitative estimate of drug-likeness (QED) is 0.465. The molecule has 1 amide bonds. The van der Waals surface area contributed by atoms with E-state index >= 15 is 0 Å². The minimum Gasteiger partial charge on any atom is -0.462 e. The normalized spacial score (nSPS) is 25.1. The topological polar surface area (TPSA) is 65.0 Å². The van der Waals surface area contributed by atoms with Gasteiger partial charge in [-0.3, -0.25) is 9.69 Å². The number of piperazine rings is 1. The molecular weight excluding hydrogens is 508 g/mol. The van der Waals surface area contributed by atoms with Crippen LogP contribution in [0.2, 0.25) is 0 Å². The van der Waals surface area contributed by atoms with E-state index < -0.39 is 0 Å². The Balaban J connectivity index is 1.28. The number of nitrogens with zero attached hydrogens (tertiary/aromatic N) is 6. The molecule has 6 rings (SSSR count). The van der Waals surface area contributed by atoms with Crippen LogP contribution in [0.3, 0.4) is 0 Å². The van der Waals surface area contributed by atoms with Gasteiger partial charge in [0, 0.05) is 56.1 Å². The lowest BCUT2D eigenvalue weighted by Crippen LogP contribution is -2.56. The summed E-state index contributed by atoms with van der Waals surface area (Å²) in [7, 11) is 2.17. The van der Waals surface area contributed by atoms with Crippen molar-refractivity contribution < 1.29 is 9.53 Å². The molecule has 2 saturated heterocycles. The van der Waals surface area contributed by atoms with Gasteiger partial charge in [0.15, 0.2) is 0 Å². The van der Waals surface area contributed by atoms with Crippen molar-refractivity contribution in [1.82, 2.24) is 24.7 Å². The second kappa shape index (κ2) is 11.5. The molecule has 1 aromatic heterocycles. The molecule has 39 heavy (non-hydrogen) atoms. The molecule has 0 saturated carbocycles. The Morgan fingerprint density at radius 2 is 2.03 bits per heavy atom. The third-order valence-electron chi connectivity index (χ3n) is 8.98. The van der Waals surface area contributed by atoms with E-state index in [1.807, 2.05) is 4.90 Å². The van der Waals surface area contributed by atoms with Gasteiger partial charge in [0.2, 0.25) is 5.91 Å². The number of aromatic nitrogens is 2. The number of rotatable bonds is 8. The molecule has 208 valence electrons. The van der Waals surface area contributed by atoms with Gasteiger partial charge in [0.1, 0.15) is 12.4 Å². The molecule has 4 aliphatic rings. The molecule has 1 unspecified atom stereocenters. The van der Waals surface area contributed by atoms with Crippen LogP contribution in [0, 0.1) is 0 Å². The molecule has 8 nitrogen and oxygen atoms in total. The Bertz CT molecular complexity index is 1220. The van der Waals surface area contributed by atoms with Crippen molar-refractivity contribution in [3.8, 4) is 6.01 Å². The maximum absolute atomic E-state index is 12.6. The SMILES string of the molecule is C=CC(=O)N1CCN(c2nc(OC[C@@H]3CCCN3C)nc3c2CN(C2CCc4ccccc42)C3)C[C@@H]1CSC. The van der Waals surface area contributed by atoms with Crippen LogP contribution in [0.15, 0.2) is 36.9 Å². The lowest BCUT2D eigenvalue weighted by atomic mass is 10.1. The largest absolute Gasteiger partial charge is 0.462 e. The van der Waals surface area contributed by atoms with E-state index in [0.717, 1.165) is 69.3 Å². The van der Waals surface area contributed by atoms with Crippen LogP contribution >= 0.6 is 11.8 Å². The standard InChI is InChI=1S/C30H40N6O2S/c1-4-28(37)36-15-14-34(16-23(36)20-39-3)29-25-17-35(27-12-11-21-8-5-6-10-24(21)27)18-26(25)31-30(32-29)38-19-22-9-7-13-33(22)2/h4-6,8,10,22-23,27H,1,7,9,11-20H2,2-3H3/t22-,23+,27?/m0/s1. The molecule has 3 aliphatic heterocycles. The van der Waals surface area contributed by atoms with E-state index in [0.29, 0.717) is 31.2 Å². The summed E-state index contributed by atoms with van der Waals surface area (Å²) in [6, 6.07) is 10.3. The number of carbonyl (C=O) groups is 1. The summed E-state index contributed by atoms with van der Waals surface area (Å²) in [4.78, 5) is 31.9. The van der Waals surface area contributed by atoms with Gasteiger partial charge in [0.05, 0.1) is 11.7 Å². The molecule has 1 aliphatic carbocycles. The van der Waals surface area contributed by atoms with Gasteiger partial charge in [-0.05, 0) is 62.7 Å². The molecule has 0 spiro atoms. The molecule has 2 aromatic rings. The van der Waals surface area contributed by atoms with E-state index in [9.17, 15) is 4.79 Å². The molecule has 2 fully saturated rings. The van der Waals surface area contributed by atoms with Gasteiger partial charge in [-0.25, -0.2) is 0 Å². The van der Waals surface area contributed by atoms with Crippen molar-refractivity contribution in [2.24, 2.45) is 0 Å². The summed E-state index contributed by atoms with van der Waals surface area (Å²) in [6.45, 7) is 9.27. The summed E-state index contributed by atoms with van der Waals surface area (Å²) < 4.78 is 6.29. The minimum atomic E-state index is 0.0115. The Labute approximate surface area is 236 Å². The number of hydrogen-bond acceptors (Lipinski definition) is 8. The fourth-order valence-electron chi connectivity index (χ4n) is 6.85. The first-order valence-corrected chi connectivity index (χ1v) is 15.7. The van der Waals surface area contributed by atoms with Crippen LogP contribution in [0.25, 0.3) is 0 Å². The molecule has 4 heterocycles. The summed E-state index contributed by atoms with van der Waals surface area (Å²) in [6.07, 6.45) is 8.18. The van der Waals surface area contributed by atoms with Gasteiger partial charge in [-0.2, -0.15) is 21.7 Å². The Morgan fingerprint density at radius 1 is 1.15 bits per heavy atom. The van der Waals surface area contributed by atoms with Crippen molar-refractivity contribution in [1.29, 1.82) is 0 Å². The molecule has 0 bridgehead atoms. The van der Waals surface area contributed by atoms with Gasteiger partial charge >= 0.3 is 6.01 Å². The van der Waals surface area contributed by atoms with Gasteiger partial charge in [0.25, 0.3) is 0 Å². The number of benzene rings is 1. The number of aryl methyl sites for hydroxylation is 1. The average Bonchev–Trinajstić information content (AvgIpc) is 3.69. The maximum atomic E-state index is 12.6. The Kier molecular flexibility index (Phi) is 7.82. The predicted octanol–water partition coefficient (Wildman–Crippen LogP) is 3.52.